The molecule has 0 fully saturated rings. The van der Waals surface area contributed by atoms with Crippen LogP contribution in [-0.4, -0.2) is 5.71 Å². The van der Waals surface area contributed by atoms with Crippen molar-refractivity contribution in [3.8, 4) is 0 Å². The van der Waals surface area contributed by atoms with Crippen molar-refractivity contribution in [1.82, 2.24) is 0 Å². The van der Waals surface area contributed by atoms with E-state index in [2.05, 4.69) is 44.0 Å². The Balaban J connectivity index is 2.94. The fourth-order valence-electron chi connectivity index (χ4n) is 1.46. The number of nitrogens with zero attached hydrogens (tertiary/aromatic N) is 1. The summed E-state index contributed by atoms with van der Waals surface area (Å²) in [5.74, 6) is 0.480. The molecule has 0 aliphatic rings. The van der Waals surface area contributed by atoms with Crippen molar-refractivity contribution < 1.29 is 0 Å². The number of aliphatic imine (C=N–C) groups is 1. The van der Waals surface area contributed by atoms with Crippen molar-refractivity contribution in [3.05, 3.63) is 47.7 Å². The largest absolute Gasteiger partial charge is 0.258 e. The molecule has 0 radical (unpaired) electrons. The topological polar surface area (TPSA) is 12.4 Å². The van der Waals surface area contributed by atoms with Gasteiger partial charge in [0.25, 0.3) is 0 Å². The number of hydrogen-bond donors (Lipinski definition) is 0. The fraction of sp³-hybridized carbons (Fsp3) is 0.357. The Morgan fingerprint density at radius 1 is 1.20 bits per heavy atom. The molecule has 1 rings (SSSR count). The van der Waals surface area contributed by atoms with E-state index < -0.39 is 0 Å². The molecular formula is C14H19N. The smallest absolute Gasteiger partial charge is 0.0448 e. The monoisotopic (exact) mass is 201 g/mol. The minimum absolute atomic E-state index is 0.480. The minimum atomic E-state index is 0.480. The lowest BCUT2D eigenvalue weighted by Gasteiger charge is -2.07. The SMILES string of the molecule is C/C=C(\N=C(/C)c1ccccc1)C(C)C. The summed E-state index contributed by atoms with van der Waals surface area (Å²) < 4.78 is 0. The van der Waals surface area contributed by atoms with E-state index in [9.17, 15) is 0 Å². The Morgan fingerprint density at radius 3 is 2.27 bits per heavy atom. The molecule has 1 aromatic rings. The van der Waals surface area contributed by atoms with Crippen LogP contribution in [0.3, 0.4) is 0 Å². The Labute approximate surface area is 92.6 Å². The summed E-state index contributed by atoms with van der Waals surface area (Å²) in [5, 5.41) is 0. The van der Waals surface area contributed by atoms with Crippen LogP contribution >= 0.6 is 0 Å². The van der Waals surface area contributed by atoms with Crippen LogP contribution in [0, 0.1) is 5.92 Å². The van der Waals surface area contributed by atoms with E-state index in [1.807, 2.05) is 25.1 Å². The van der Waals surface area contributed by atoms with Gasteiger partial charge in [0.05, 0.1) is 0 Å². The van der Waals surface area contributed by atoms with Crippen molar-refractivity contribution in [3.63, 3.8) is 0 Å². The second-order valence-electron chi connectivity index (χ2n) is 3.93. The molecule has 0 amide bonds. The van der Waals surface area contributed by atoms with Gasteiger partial charge in [-0.25, -0.2) is 0 Å². The molecule has 0 spiro atoms. The fourth-order valence-corrected chi connectivity index (χ4v) is 1.46. The molecule has 1 heteroatoms. The maximum Gasteiger partial charge on any atom is 0.0448 e. The van der Waals surface area contributed by atoms with E-state index in [0.29, 0.717) is 5.92 Å². The summed E-state index contributed by atoms with van der Waals surface area (Å²) in [5.41, 5.74) is 3.42. The first-order chi connectivity index (χ1) is 7.15. The predicted molar refractivity (Wildman–Crippen MR) is 67.2 cm³/mol. The quantitative estimate of drug-likeness (QED) is 0.654. The molecule has 1 aromatic carbocycles. The standard InChI is InChI=1S/C14H19N/c1-5-14(11(2)3)15-12(4)13-9-7-6-8-10-13/h5-11H,1-4H3/b14-5-,15-12+. The van der Waals surface area contributed by atoms with Gasteiger partial charge in [-0.2, -0.15) is 0 Å². The second-order valence-corrected chi connectivity index (χ2v) is 3.93. The third-order valence-corrected chi connectivity index (χ3v) is 2.38. The van der Waals surface area contributed by atoms with Gasteiger partial charge in [0.2, 0.25) is 0 Å². The normalized spacial score (nSPS) is 13.4. The van der Waals surface area contributed by atoms with Gasteiger partial charge in [-0.05, 0) is 25.3 Å². The lowest BCUT2D eigenvalue weighted by Crippen LogP contribution is -1.98. The lowest BCUT2D eigenvalue weighted by atomic mass is 10.1. The van der Waals surface area contributed by atoms with Crippen LogP contribution in [0.15, 0.2) is 47.1 Å². The first-order valence-electron chi connectivity index (χ1n) is 5.42. The van der Waals surface area contributed by atoms with Gasteiger partial charge in [-0.3, -0.25) is 4.99 Å². The van der Waals surface area contributed by atoms with Crippen LogP contribution in [0.2, 0.25) is 0 Å². The maximum atomic E-state index is 4.64. The van der Waals surface area contributed by atoms with Crippen LogP contribution in [0.5, 0.6) is 0 Å². The highest BCUT2D eigenvalue weighted by Gasteiger charge is 2.01. The Morgan fingerprint density at radius 2 is 1.80 bits per heavy atom. The number of allylic oxidation sites excluding steroid dienone is 2. The molecule has 0 unspecified atom stereocenters. The molecule has 0 saturated heterocycles. The number of rotatable bonds is 3. The zero-order chi connectivity index (χ0) is 11.3. The minimum Gasteiger partial charge on any atom is -0.258 e. The summed E-state index contributed by atoms with van der Waals surface area (Å²) in [7, 11) is 0. The summed E-state index contributed by atoms with van der Waals surface area (Å²) >= 11 is 0. The highest BCUT2D eigenvalue weighted by molar-refractivity contribution is 5.99. The average molecular weight is 201 g/mol. The highest BCUT2D eigenvalue weighted by atomic mass is 14.8. The molecule has 80 valence electrons. The molecule has 0 aliphatic carbocycles. The Hall–Kier alpha value is -1.37. The molecule has 0 aliphatic heterocycles. The van der Waals surface area contributed by atoms with Gasteiger partial charge >= 0.3 is 0 Å². The van der Waals surface area contributed by atoms with E-state index >= 15 is 0 Å². The molecular weight excluding hydrogens is 182 g/mol. The summed E-state index contributed by atoms with van der Waals surface area (Å²) in [6.07, 6.45) is 2.08. The first kappa shape index (κ1) is 11.7. The maximum absolute atomic E-state index is 4.64. The molecule has 15 heavy (non-hydrogen) atoms. The van der Waals surface area contributed by atoms with Crippen LogP contribution in [0.25, 0.3) is 0 Å². The van der Waals surface area contributed by atoms with Crippen molar-refractivity contribution in [2.75, 3.05) is 0 Å². The van der Waals surface area contributed by atoms with E-state index in [-0.39, 0.29) is 0 Å². The zero-order valence-corrected chi connectivity index (χ0v) is 9.99. The summed E-state index contributed by atoms with van der Waals surface area (Å²) in [4.78, 5) is 4.64. The summed E-state index contributed by atoms with van der Waals surface area (Å²) in [6, 6.07) is 10.3. The molecule has 0 aromatic heterocycles. The zero-order valence-electron chi connectivity index (χ0n) is 9.99. The molecule has 0 atom stereocenters. The van der Waals surface area contributed by atoms with Crippen LogP contribution < -0.4 is 0 Å². The van der Waals surface area contributed by atoms with Gasteiger partial charge in [0.15, 0.2) is 0 Å². The predicted octanol–water partition coefficient (Wildman–Crippen LogP) is 4.06. The highest BCUT2D eigenvalue weighted by Crippen LogP contribution is 2.13. The molecule has 1 nitrogen and oxygen atoms in total. The van der Waals surface area contributed by atoms with Gasteiger partial charge < -0.3 is 0 Å². The third kappa shape index (κ3) is 3.35. The van der Waals surface area contributed by atoms with Crippen LogP contribution in [0.4, 0.5) is 0 Å². The number of hydrogen-bond acceptors (Lipinski definition) is 1. The van der Waals surface area contributed by atoms with Gasteiger partial charge in [0.1, 0.15) is 0 Å². The average Bonchev–Trinajstić information content (AvgIpc) is 2.26. The van der Waals surface area contributed by atoms with E-state index in [1.54, 1.807) is 0 Å². The molecule has 0 heterocycles. The number of benzene rings is 1. The molecule has 0 N–H and O–H groups in total. The van der Waals surface area contributed by atoms with E-state index in [1.165, 1.54) is 5.56 Å². The summed E-state index contributed by atoms with van der Waals surface area (Å²) in [6.45, 7) is 8.42. The first-order valence-corrected chi connectivity index (χ1v) is 5.42. The lowest BCUT2D eigenvalue weighted by molar-refractivity contribution is 0.756. The van der Waals surface area contributed by atoms with E-state index in [0.717, 1.165) is 11.4 Å². The van der Waals surface area contributed by atoms with Crippen molar-refractivity contribution in [1.29, 1.82) is 0 Å². The second kappa shape index (κ2) is 5.50. The van der Waals surface area contributed by atoms with Crippen LogP contribution in [0.1, 0.15) is 33.3 Å². The van der Waals surface area contributed by atoms with Crippen molar-refractivity contribution in [2.45, 2.75) is 27.7 Å². The van der Waals surface area contributed by atoms with Gasteiger partial charge in [-0.15, -0.1) is 0 Å². The van der Waals surface area contributed by atoms with Gasteiger partial charge in [-0.1, -0.05) is 50.3 Å². The third-order valence-electron chi connectivity index (χ3n) is 2.38. The Bertz CT molecular complexity index is 358. The Kier molecular flexibility index (Phi) is 4.29. The van der Waals surface area contributed by atoms with Crippen LogP contribution in [-0.2, 0) is 0 Å². The van der Waals surface area contributed by atoms with Crippen molar-refractivity contribution >= 4 is 5.71 Å². The van der Waals surface area contributed by atoms with Crippen molar-refractivity contribution in [2.24, 2.45) is 10.9 Å². The van der Waals surface area contributed by atoms with Gasteiger partial charge in [0, 0.05) is 11.4 Å². The molecule has 0 saturated carbocycles. The van der Waals surface area contributed by atoms with E-state index in [4.69, 9.17) is 0 Å². The molecule has 0 bridgehead atoms.